The number of carbonyl (C=O) groups excluding carboxylic acids is 1. The second kappa shape index (κ2) is 11.3. The minimum Gasteiger partial charge on any atom is -0.460 e. The van der Waals surface area contributed by atoms with E-state index in [1.54, 1.807) is 0 Å². The molecule has 0 radical (unpaired) electrons. The molecule has 0 spiro atoms. The van der Waals surface area contributed by atoms with E-state index in [0.717, 1.165) is 58.8 Å². The highest BCUT2D eigenvalue weighted by atomic mass is 16.6. The SMILES string of the molecule is CC(C)(C)OC(=O)CCN1CCN(CCN2CCN(CCCN)CC2)CC1. The molecule has 7 nitrogen and oxygen atoms in total. The molecule has 27 heavy (non-hydrogen) atoms. The van der Waals surface area contributed by atoms with E-state index in [4.69, 9.17) is 10.5 Å². The fraction of sp³-hybridized carbons (Fsp3) is 0.950. The van der Waals surface area contributed by atoms with Gasteiger partial charge in [-0.05, 0) is 40.3 Å². The molecule has 0 aliphatic carbocycles. The highest BCUT2D eigenvalue weighted by Gasteiger charge is 2.21. The first-order valence-corrected chi connectivity index (χ1v) is 10.7. The molecule has 0 aromatic carbocycles. The van der Waals surface area contributed by atoms with Crippen LogP contribution in [0, 0.1) is 0 Å². The van der Waals surface area contributed by atoms with Crippen molar-refractivity contribution < 1.29 is 9.53 Å². The highest BCUT2D eigenvalue weighted by molar-refractivity contribution is 5.70. The number of esters is 1. The first kappa shape index (κ1) is 22.6. The molecule has 2 heterocycles. The molecule has 0 amide bonds. The second-order valence-corrected chi connectivity index (χ2v) is 8.85. The number of nitrogens with two attached hydrogens (primary N) is 1. The molecule has 2 N–H and O–H groups in total. The molecular formula is C20H41N5O2. The van der Waals surface area contributed by atoms with Gasteiger partial charge in [0.05, 0.1) is 6.42 Å². The standard InChI is InChI=1S/C20H41N5O2/c1-20(2,3)27-19(26)5-8-23-11-15-25(16-12-23)18-17-24-13-9-22(10-14-24)7-4-6-21/h4-18,21H2,1-3H3. The van der Waals surface area contributed by atoms with E-state index in [1.165, 1.54) is 32.7 Å². The van der Waals surface area contributed by atoms with Crippen LogP contribution in [-0.2, 0) is 9.53 Å². The minimum absolute atomic E-state index is 0.0875. The monoisotopic (exact) mass is 383 g/mol. The average molecular weight is 384 g/mol. The maximum absolute atomic E-state index is 11.9. The molecule has 158 valence electrons. The van der Waals surface area contributed by atoms with Crippen molar-refractivity contribution in [1.29, 1.82) is 0 Å². The number of hydrogen-bond acceptors (Lipinski definition) is 7. The molecule has 0 aromatic heterocycles. The van der Waals surface area contributed by atoms with Gasteiger partial charge in [-0.3, -0.25) is 14.6 Å². The molecule has 2 aliphatic heterocycles. The zero-order valence-corrected chi connectivity index (χ0v) is 17.8. The molecule has 7 heteroatoms. The highest BCUT2D eigenvalue weighted by Crippen LogP contribution is 2.10. The Hall–Kier alpha value is -0.730. The first-order valence-electron chi connectivity index (χ1n) is 10.7. The molecule has 0 unspecified atom stereocenters. The fourth-order valence-corrected chi connectivity index (χ4v) is 3.71. The summed E-state index contributed by atoms with van der Waals surface area (Å²) in [7, 11) is 0. The van der Waals surface area contributed by atoms with Crippen LogP contribution >= 0.6 is 0 Å². The smallest absolute Gasteiger partial charge is 0.307 e. The lowest BCUT2D eigenvalue weighted by molar-refractivity contribution is -0.155. The van der Waals surface area contributed by atoms with Crippen molar-refractivity contribution in [2.45, 2.75) is 39.2 Å². The Labute approximate surface area is 165 Å². The van der Waals surface area contributed by atoms with Gasteiger partial charge in [-0.15, -0.1) is 0 Å². The Balaban J connectivity index is 1.53. The summed E-state index contributed by atoms with van der Waals surface area (Å²) >= 11 is 0. The lowest BCUT2D eigenvalue weighted by Gasteiger charge is -2.38. The summed E-state index contributed by atoms with van der Waals surface area (Å²) < 4.78 is 5.39. The van der Waals surface area contributed by atoms with E-state index in [9.17, 15) is 4.79 Å². The first-order chi connectivity index (χ1) is 12.9. The molecule has 2 fully saturated rings. The third-order valence-corrected chi connectivity index (χ3v) is 5.39. The van der Waals surface area contributed by atoms with Crippen molar-refractivity contribution >= 4 is 5.97 Å². The zero-order valence-electron chi connectivity index (χ0n) is 17.8. The normalized spacial score (nSPS) is 21.5. The van der Waals surface area contributed by atoms with Gasteiger partial charge < -0.3 is 20.3 Å². The molecule has 0 bridgehead atoms. The summed E-state index contributed by atoms with van der Waals surface area (Å²) in [4.78, 5) is 21.9. The van der Waals surface area contributed by atoms with Gasteiger partial charge in [0.15, 0.2) is 0 Å². The fourth-order valence-electron chi connectivity index (χ4n) is 3.71. The van der Waals surface area contributed by atoms with Crippen molar-refractivity contribution in [3.63, 3.8) is 0 Å². The van der Waals surface area contributed by atoms with Crippen molar-refractivity contribution in [3.8, 4) is 0 Å². The van der Waals surface area contributed by atoms with E-state index in [1.807, 2.05) is 20.8 Å². The van der Waals surface area contributed by atoms with E-state index in [2.05, 4.69) is 19.6 Å². The second-order valence-electron chi connectivity index (χ2n) is 8.85. The third-order valence-electron chi connectivity index (χ3n) is 5.39. The van der Waals surface area contributed by atoms with Crippen LogP contribution in [0.4, 0.5) is 0 Å². The molecule has 2 aliphatic rings. The van der Waals surface area contributed by atoms with Gasteiger partial charge in [-0.1, -0.05) is 0 Å². The number of nitrogens with zero attached hydrogens (tertiary/aromatic N) is 4. The average Bonchev–Trinajstić information content (AvgIpc) is 2.63. The summed E-state index contributed by atoms with van der Waals surface area (Å²) in [6.45, 7) is 19.9. The van der Waals surface area contributed by atoms with Crippen LogP contribution in [0.5, 0.6) is 0 Å². The van der Waals surface area contributed by atoms with Gasteiger partial charge in [-0.2, -0.15) is 0 Å². The van der Waals surface area contributed by atoms with Gasteiger partial charge in [-0.25, -0.2) is 0 Å². The number of carbonyl (C=O) groups is 1. The molecule has 2 saturated heterocycles. The van der Waals surface area contributed by atoms with Crippen LogP contribution in [0.3, 0.4) is 0 Å². The van der Waals surface area contributed by atoms with Gasteiger partial charge in [0.2, 0.25) is 0 Å². The predicted octanol–water partition coefficient (Wildman–Crippen LogP) is 0.302. The van der Waals surface area contributed by atoms with Crippen LogP contribution in [0.1, 0.15) is 33.6 Å². The Morgan fingerprint density at radius 3 is 1.59 bits per heavy atom. The number of rotatable bonds is 9. The molecular weight excluding hydrogens is 342 g/mol. The number of piperazine rings is 2. The van der Waals surface area contributed by atoms with Crippen LogP contribution in [0.2, 0.25) is 0 Å². The van der Waals surface area contributed by atoms with Crippen LogP contribution in [0.25, 0.3) is 0 Å². The Kier molecular flexibility index (Phi) is 9.45. The lowest BCUT2D eigenvalue weighted by Crippen LogP contribution is -2.51. The molecule has 2 rings (SSSR count). The third kappa shape index (κ3) is 9.34. The Morgan fingerprint density at radius 2 is 1.19 bits per heavy atom. The summed E-state index contributed by atoms with van der Waals surface area (Å²) in [5.74, 6) is -0.0875. The quantitative estimate of drug-likeness (QED) is 0.575. The Bertz CT molecular complexity index is 425. The molecule has 0 saturated carbocycles. The molecule has 0 aromatic rings. The summed E-state index contributed by atoms with van der Waals surface area (Å²) in [6, 6.07) is 0. The molecule has 0 atom stereocenters. The van der Waals surface area contributed by atoms with Gasteiger partial charge in [0.1, 0.15) is 5.60 Å². The van der Waals surface area contributed by atoms with E-state index in [0.29, 0.717) is 6.42 Å². The van der Waals surface area contributed by atoms with Gasteiger partial charge in [0.25, 0.3) is 0 Å². The van der Waals surface area contributed by atoms with Gasteiger partial charge in [0, 0.05) is 72.0 Å². The predicted molar refractivity (Wildman–Crippen MR) is 110 cm³/mol. The van der Waals surface area contributed by atoms with Crippen LogP contribution in [-0.4, -0.2) is 116 Å². The van der Waals surface area contributed by atoms with Crippen LogP contribution < -0.4 is 5.73 Å². The Morgan fingerprint density at radius 1 is 0.778 bits per heavy atom. The van der Waals surface area contributed by atoms with E-state index in [-0.39, 0.29) is 11.6 Å². The van der Waals surface area contributed by atoms with Crippen molar-refractivity contribution in [2.75, 3.05) is 85.1 Å². The lowest BCUT2D eigenvalue weighted by atomic mass is 10.2. The van der Waals surface area contributed by atoms with E-state index >= 15 is 0 Å². The van der Waals surface area contributed by atoms with Crippen molar-refractivity contribution in [3.05, 3.63) is 0 Å². The topological polar surface area (TPSA) is 65.3 Å². The van der Waals surface area contributed by atoms with Crippen molar-refractivity contribution in [1.82, 2.24) is 19.6 Å². The summed E-state index contributed by atoms with van der Waals surface area (Å²) in [6.07, 6.45) is 1.60. The summed E-state index contributed by atoms with van der Waals surface area (Å²) in [5, 5.41) is 0. The maximum atomic E-state index is 11.9. The summed E-state index contributed by atoms with van der Waals surface area (Å²) in [5.41, 5.74) is 5.22. The van der Waals surface area contributed by atoms with Crippen molar-refractivity contribution in [2.24, 2.45) is 5.73 Å². The number of hydrogen-bond donors (Lipinski definition) is 1. The van der Waals surface area contributed by atoms with Crippen LogP contribution in [0.15, 0.2) is 0 Å². The van der Waals surface area contributed by atoms with Gasteiger partial charge >= 0.3 is 5.97 Å². The number of ether oxygens (including phenoxy) is 1. The van der Waals surface area contributed by atoms with E-state index < -0.39 is 0 Å². The minimum atomic E-state index is -0.383. The maximum Gasteiger partial charge on any atom is 0.307 e. The zero-order chi connectivity index (χ0) is 19.7. The largest absolute Gasteiger partial charge is 0.460 e.